The fourth-order valence-electron chi connectivity index (χ4n) is 2.60. The molecule has 1 aromatic heterocycles. The van der Waals surface area contributed by atoms with Gasteiger partial charge in [-0.1, -0.05) is 0 Å². The second-order valence-electron chi connectivity index (χ2n) is 5.55. The minimum Gasteiger partial charge on any atom is -0.329 e. The molecule has 0 radical (unpaired) electrons. The number of imidazole rings is 1. The van der Waals surface area contributed by atoms with Gasteiger partial charge in [-0.05, 0) is 25.7 Å². The van der Waals surface area contributed by atoms with Gasteiger partial charge in [0.05, 0.1) is 5.69 Å². The number of rotatable bonds is 3. The Balaban J connectivity index is 2.08. The average molecular weight is 278 g/mol. The zero-order valence-electron chi connectivity index (χ0n) is 11.1. The number of halogens is 4. The summed E-state index contributed by atoms with van der Waals surface area (Å²) >= 11 is 0. The molecular weight excluding hydrogens is 260 g/mol. The summed E-state index contributed by atoms with van der Waals surface area (Å²) < 4.78 is 54.3. The van der Waals surface area contributed by atoms with Crippen LogP contribution in [0.2, 0.25) is 0 Å². The van der Waals surface area contributed by atoms with Crippen LogP contribution in [0.5, 0.6) is 0 Å². The van der Waals surface area contributed by atoms with Gasteiger partial charge in [0.1, 0.15) is 0 Å². The van der Waals surface area contributed by atoms with Crippen LogP contribution in [0.15, 0.2) is 6.20 Å². The molecule has 0 atom stereocenters. The highest BCUT2D eigenvalue weighted by molar-refractivity contribution is 5.07. The highest BCUT2D eigenvalue weighted by Crippen LogP contribution is 2.37. The Bertz CT molecular complexity index is 438. The van der Waals surface area contributed by atoms with Crippen LogP contribution in [-0.4, -0.2) is 15.5 Å². The molecule has 2 rings (SSSR count). The molecule has 19 heavy (non-hydrogen) atoms. The number of hydrogen-bond donors (Lipinski definition) is 0. The van der Waals surface area contributed by atoms with E-state index in [0.29, 0.717) is 25.1 Å². The van der Waals surface area contributed by atoms with Crippen molar-refractivity contribution in [3.05, 3.63) is 17.7 Å². The first-order chi connectivity index (χ1) is 8.67. The summed E-state index contributed by atoms with van der Waals surface area (Å²) in [6.07, 6.45) is 2.02. The van der Waals surface area contributed by atoms with E-state index < -0.39 is 11.8 Å². The van der Waals surface area contributed by atoms with Gasteiger partial charge in [0.25, 0.3) is 0 Å². The van der Waals surface area contributed by atoms with E-state index in [9.17, 15) is 17.6 Å². The number of aryl methyl sites for hydroxylation is 1. The Kier molecular flexibility index (Phi) is 3.62. The van der Waals surface area contributed by atoms with Crippen molar-refractivity contribution in [3.63, 3.8) is 0 Å². The van der Waals surface area contributed by atoms with Gasteiger partial charge in [-0.25, -0.2) is 13.8 Å². The lowest BCUT2D eigenvalue weighted by atomic mass is 9.86. The second kappa shape index (κ2) is 4.80. The molecule has 1 saturated carbocycles. The molecule has 1 aliphatic rings. The van der Waals surface area contributed by atoms with E-state index in [2.05, 4.69) is 4.98 Å². The quantitative estimate of drug-likeness (QED) is 0.760. The summed E-state index contributed by atoms with van der Waals surface area (Å²) in [7, 11) is 0. The summed E-state index contributed by atoms with van der Waals surface area (Å²) in [6.45, 7) is 2.80. The minimum atomic E-state index is -3.01. The molecule has 6 heteroatoms. The molecule has 0 aliphatic heterocycles. The molecule has 0 saturated heterocycles. The molecule has 0 bridgehead atoms. The third-order valence-electron chi connectivity index (χ3n) is 3.58. The van der Waals surface area contributed by atoms with Crippen molar-refractivity contribution in [2.24, 2.45) is 5.92 Å². The number of aromatic nitrogens is 2. The maximum atomic E-state index is 13.4. The van der Waals surface area contributed by atoms with Gasteiger partial charge in [-0.2, -0.15) is 8.78 Å². The van der Waals surface area contributed by atoms with Crippen molar-refractivity contribution in [1.29, 1.82) is 0 Å². The van der Waals surface area contributed by atoms with E-state index in [1.807, 2.05) is 0 Å². The van der Waals surface area contributed by atoms with Crippen LogP contribution in [-0.2, 0) is 12.5 Å². The van der Waals surface area contributed by atoms with Crippen LogP contribution >= 0.6 is 0 Å². The van der Waals surface area contributed by atoms with Gasteiger partial charge in [-0.3, -0.25) is 0 Å². The standard InChI is InChI=1S/C13H18F4N2/c1-9-7-19(11(18-9)12(2,14)15)8-10-3-5-13(16,17)6-4-10/h7,10H,3-6,8H2,1-2H3. The molecule has 0 unspecified atom stereocenters. The average Bonchev–Trinajstić information content (AvgIpc) is 2.62. The van der Waals surface area contributed by atoms with Crippen molar-refractivity contribution in [1.82, 2.24) is 9.55 Å². The van der Waals surface area contributed by atoms with Crippen molar-refractivity contribution in [3.8, 4) is 0 Å². The lowest BCUT2D eigenvalue weighted by Crippen LogP contribution is -2.28. The van der Waals surface area contributed by atoms with E-state index in [-0.39, 0.29) is 24.6 Å². The number of alkyl halides is 4. The first-order valence-electron chi connectivity index (χ1n) is 6.47. The van der Waals surface area contributed by atoms with Crippen LogP contribution < -0.4 is 0 Å². The highest BCUT2D eigenvalue weighted by Gasteiger charge is 2.36. The summed E-state index contributed by atoms with van der Waals surface area (Å²) in [5.41, 5.74) is 0.526. The van der Waals surface area contributed by atoms with E-state index in [1.54, 1.807) is 13.1 Å². The summed E-state index contributed by atoms with van der Waals surface area (Å²) in [5.74, 6) is -5.84. The molecule has 2 nitrogen and oxygen atoms in total. The monoisotopic (exact) mass is 278 g/mol. The predicted octanol–water partition coefficient (Wildman–Crippen LogP) is 4.13. The molecule has 0 N–H and O–H groups in total. The lowest BCUT2D eigenvalue weighted by molar-refractivity contribution is -0.0484. The van der Waals surface area contributed by atoms with Crippen LogP contribution in [0.4, 0.5) is 17.6 Å². The smallest absolute Gasteiger partial charge is 0.302 e. The largest absolute Gasteiger partial charge is 0.329 e. The summed E-state index contributed by atoms with van der Waals surface area (Å²) in [4.78, 5) is 3.84. The zero-order chi connectivity index (χ0) is 14.3. The third-order valence-corrected chi connectivity index (χ3v) is 3.58. The predicted molar refractivity (Wildman–Crippen MR) is 63.4 cm³/mol. The molecule has 1 fully saturated rings. The van der Waals surface area contributed by atoms with Crippen LogP contribution in [0.25, 0.3) is 0 Å². The maximum Gasteiger partial charge on any atom is 0.302 e. The Morgan fingerprint density at radius 2 is 1.95 bits per heavy atom. The molecular formula is C13H18F4N2. The summed E-state index contributed by atoms with van der Waals surface area (Å²) in [6, 6.07) is 0. The maximum absolute atomic E-state index is 13.4. The minimum absolute atomic E-state index is 0.0225. The van der Waals surface area contributed by atoms with Crippen molar-refractivity contribution in [2.45, 2.75) is 57.9 Å². The number of hydrogen-bond acceptors (Lipinski definition) is 1. The van der Waals surface area contributed by atoms with Gasteiger partial charge in [0.15, 0.2) is 5.82 Å². The fourth-order valence-corrected chi connectivity index (χ4v) is 2.60. The Labute approximate surface area is 109 Å². The fraction of sp³-hybridized carbons (Fsp3) is 0.769. The van der Waals surface area contributed by atoms with Crippen molar-refractivity contribution >= 4 is 0 Å². The Morgan fingerprint density at radius 3 is 2.47 bits per heavy atom. The van der Waals surface area contributed by atoms with E-state index in [0.717, 1.165) is 6.92 Å². The molecule has 1 aliphatic carbocycles. The zero-order valence-corrected chi connectivity index (χ0v) is 11.1. The van der Waals surface area contributed by atoms with Crippen LogP contribution in [0.3, 0.4) is 0 Å². The van der Waals surface area contributed by atoms with Gasteiger partial charge in [0, 0.05) is 32.5 Å². The Hall–Kier alpha value is -1.07. The first-order valence-corrected chi connectivity index (χ1v) is 6.47. The van der Waals surface area contributed by atoms with Crippen LogP contribution in [0, 0.1) is 12.8 Å². The topological polar surface area (TPSA) is 17.8 Å². The van der Waals surface area contributed by atoms with E-state index in [4.69, 9.17) is 0 Å². The molecule has 0 amide bonds. The normalized spacial score (nSPS) is 20.7. The van der Waals surface area contributed by atoms with Crippen molar-refractivity contribution < 1.29 is 17.6 Å². The van der Waals surface area contributed by atoms with Crippen molar-refractivity contribution in [2.75, 3.05) is 0 Å². The first kappa shape index (κ1) is 14.3. The SMILES string of the molecule is Cc1cn(CC2CCC(F)(F)CC2)c(C(C)(F)F)n1. The molecule has 1 aromatic rings. The molecule has 108 valence electrons. The molecule has 1 heterocycles. The second-order valence-corrected chi connectivity index (χ2v) is 5.55. The highest BCUT2D eigenvalue weighted by atomic mass is 19.3. The van der Waals surface area contributed by atoms with Crippen LogP contribution in [0.1, 0.15) is 44.1 Å². The van der Waals surface area contributed by atoms with E-state index in [1.165, 1.54) is 4.57 Å². The van der Waals surface area contributed by atoms with Gasteiger partial charge >= 0.3 is 5.92 Å². The van der Waals surface area contributed by atoms with E-state index >= 15 is 0 Å². The van der Waals surface area contributed by atoms with Gasteiger partial charge in [0.2, 0.25) is 5.92 Å². The van der Waals surface area contributed by atoms with Gasteiger partial charge < -0.3 is 4.57 Å². The molecule has 0 aromatic carbocycles. The van der Waals surface area contributed by atoms with Gasteiger partial charge in [-0.15, -0.1) is 0 Å². The number of nitrogens with zero attached hydrogens (tertiary/aromatic N) is 2. The Morgan fingerprint density at radius 1 is 1.37 bits per heavy atom. The lowest BCUT2D eigenvalue weighted by Gasteiger charge is -2.29. The molecule has 0 spiro atoms. The summed E-state index contributed by atoms with van der Waals surface area (Å²) in [5, 5.41) is 0. The third kappa shape index (κ3) is 3.48.